The molecule has 2 amide bonds. The summed E-state index contributed by atoms with van der Waals surface area (Å²) in [5.41, 5.74) is 0.712. The second kappa shape index (κ2) is 7.41. The molecule has 0 saturated heterocycles. The summed E-state index contributed by atoms with van der Waals surface area (Å²) in [5, 5.41) is 2.81. The average Bonchev–Trinajstić information content (AvgIpc) is 2.49. The van der Waals surface area contributed by atoms with E-state index in [1.54, 1.807) is 7.05 Å². The molecule has 4 nitrogen and oxygen atoms in total. The maximum atomic E-state index is 12.3. The molecule has 0 aromatic heterocycles. The van der Waals surface area contributed by atoms with Crippen molar-refractivity contribution in [3.8, 4) is 0 Å². The van der Waals surface area contributed by atoms with Crippen LogP contribution in [0.2, 0.25) is 0 Å². The Hall–Kier alpha value is -1.62. The van der Waals surface area contributed by atoms with Gasteiger partial charge >= 0.3 is 0 Å². The second-order valence-electron chi connectivity index (χ2n) is 5.20. The van der Waals surface area contributed by atoms with Gasteiger partial charge in [-0.25, -0.2) is 0 Å². The highest BCUT2D eigenvalue weighted by atomic mass is 79.9. The molecule has 0 unspecified atom stereocenters. The van der Waals surface area contributed by atoms with Crippen molar-refractivity contribution in [3.05, 3.63) is 40.9 Å². The molecule has 0 saturated carbocycles. The van der Waals surface area contributed by atoms with Gasteiger partial charge in [-0.3, -0.25) is 9.59 Å². The lowest BCUT2D eigenvalue weighted by molar-refractivity contribution is -0.137. The number of para-hydroxylation sites is 1. The van der Waals surface area contributed by atoms with Crippen molar-refractivity contribution in [2.45, 2.75) is 19.3 Å². The van der Waals surface area contributed by atoms with Crippen LogP contribution in [0.3, 0.4) is 0 Å². The highest BCUT2D eigenvalue weighted by molar-refractivity contribution is 9.10. The number of likely N-dealkylation sites (N-methyl/N-ethyl adjacent to an activating group) is 1. The van der Waals surface area contributed by atoms with E-state index in [1.807, 2.05) is 30.3 Å². The first-order valence-electron chi connectivity index (χ1n) is 7.02. The number of amides is 2. The van der Waals surface area contributed by atoms with Gasteiger partial charge in [0.25, 0.3) is 0 Å². The fourth-order valence-corrected chi connectivity index (χ4v) is 2.76. The van der Waals surface area contributed by atoms with Crippen molar-refractivity contribution >= 4 is 33.4 Å². The summed E-state index contributed by atoms with van der Waals surface area (Å²) in [7, 11) is 1.68. The molecular formula is C16H19BrN2O2. The third-order valence-corrected chi connectivity index (χ3v) is 4.21. The number of benzene rings is 1. The molecule has 0 radical (unpaired) electrons. The van der Waals surface area contributed by atoms with Gasteiger partial charge in [0, 0.05) is 17.4 Å². The summed E-state index contributed by atoms with van der Waals surface area (Å²) in [5.74, 6) is -0.137. The summed E-state index contributed by atoms with van der Waals surface area (Å²) in [4.78, 5) is 25.8. The first-order valence-corrected chi connectivity index (χ1v) is 7.81. The van der Waals surface area contributed by atoms with Crippen LogP contribution < -0.4 is 5.32 Å². The molecule has 0 heterocycles. The smallest absolute Gasteiger partial charge is 0.244 e. The Morgan fingerprint density at radius 2 is 2.10 bits per heavy atom. The number of nitrogens with zero attached hydrogens (tertiary/aromatic N) is 1. The first kappa shape index (κ1) is 15.8. The third kappa shape index (κ3) is 4.43. The van der Waals surface area contributed by atoms with Crippen molar-refractivity contribution in [3.63, 3.8) is 0 Å². The lowest BCUT2D eigenvalue weighted by Gasteiger charge is -2.24. The topological polar surface area (TPSA) is 49.4 Å². The molecule has 1 atom stereocenters. The van der Waals surface area contributed by atoms with E-state index in [9.17, 15) is 9.59 Å². The Morgan fingerprint density at radius 1 is 1.33 bits per heavy atom. The van der Waals surface area contributed by atoms with Crippen molar-refractivity contribution in [1.82, 2.24) is 4.90 Å². The number of carbonyl (C=O) groups is 2. The minimum absolute atomic E-state index is 0.0104. The molecular weight excluding hydrogens is 332 g/mol. The van der Waals surface area contributed by atoms with Crippen molar-refractivity contribution in [2.75, 3.05) is 18.9 Å². The van der Waals surface area contributed by atoms with Crippen LogP contribution in [0.15, 0.2) is 40.9 Å². The number of nitrogens with one attached hydrogen (secondary N) is 1. The van der Waals surface area contributed by atoms with Gasteiger partial charge in [-0.2, -0.15) is 0 Å². The van der Waals surface area contributed by atoms with E-state index in [-0.39, 0.29) is 24.3 Å². The van der Waals surface area contributed by atoms with E-state index >= 15 is 0 Å². The van der Waals surface area contributed by atoms with Gasteiger partial charge in [0.2, 0.25) is 11.8 Å². The van der Waals surface area contributed by atoms with Gasteiger partial charge in [0.15, 0.2) is 0 Å². The normalized spacial score (nSPS) is 17.3. The number of rotatable bonds is 4. The van der Waals surface area contributed by atoms with Gasteiger partial charge in [-0.05, 0) is 47.3 Å². The standard InChI is InChI=1S/C16H19BrN2O2/c1-19(16(21)12-7-3-2-4-8-12)11-15(20)18-14-10-6-5-9-13(14)17/h2-3,5-6,9-10,12H,4,7-8,11H2,1H3,(H,18,20)/t12-/m1/s1. The number of anilines is 1. The van der Waals surface area contributed by atoms with Gasteiger partial charge in [0.05, 0.1) is 12.2 Å². The van der Waals surface area contributed by atoms with E-state index in [0.29, 0.717) is 5.69 Å². The SMILES string of the molecule is CN(CC(=O)Nc1ccccc1Br)C(=O)[C@@H]1CC=CCC1. The van der Waals surface area contributed by atoms with Crippen LogP contribution in [0.4, 0.5) is 5.69 Å². The summed E-state index contributed by atoms with van der Waals surface area (Å²) in [6, 6.07) is 7.41. The fraction of sp³-hybridized carbons (Fsp3) is 0.375. The molecule has 1 aromatic rings. The van der Waals surface area contributed by atoms with Crippen LogP contribution in [0, 0.1) is 5.92 Å². The summed E-state index contributed by atoms with van der Waals surface area (Å²) in [6.07, 6.45) is 6.72. The molecule has 2 rings (SSSR count). The molecule has 21 heavy (non-hydrogen) atoms. The van der Waals surface area contributed by atoms with E-state index in [4.69, 9.17) is 0 Å². The molecule has 0 bridgehead atoms. The largest absolute Gasteiger partial charge is 0.336 e. The van der Waals surface area contributed by atoms with Crippen molar-refractivity contribution in [2.24, 2.45) is 5.92 Å². The Kier molecular flexibility index (Phi) is 5.56. The zero-order valence-corrected chi connectivity index (χ0v) is 13.6. The summed E-state index contributed by atoms with van der Waals surface area (Å²) >= 11 is 3.38. The molecule has 1 aliphatic carbocycles. The van der Waals surface area contributed by atoms with Gasteiger partial charge in [-0.1, -0.05) is 24.3 Å². The monoisotopic (exact) mass is 350 g/mol. The zero-order chi connectivity index (χ0) is 15.2. The number of hydrogen-bond donors (Lipinski definition) is 1. The lowest BCUT2D eigenvalue weighted by atomic mass is 9.93. The highest BCUT2D eigenvalue weighted by Gasteiger charge is 2.23. The van der Waals surface area contributed by atoms with Crippen LogP contribution in [-0.2, 0) is 9.59 Å². The second-order valence-corrected chi connectivity index (χ2v) is 6.06. The Balaban J connectivity index is 1.88. The molecule has 1 aromatic carbocycles. The first-order chi connectivity index (χ1) is 10.1. The highest BCUT2D eigenvalue weighted by Crippen LogP contribution is 2.22. The Bertz CT molecular complexity index is 557. The molecule has 0 aliphatic heterocycles. The van der Waals surface area contributed by atoms with Gasteiger partial charge in [-0.15, -0.1) is 0 Å². The average molecular weight is 351 g/mol. The molecule has 112 valence electrons. The quantitative estimate of drug-likeness (QED) is 0.847. The minimum atomic E-state index is -0.191. The third-order valence-electron chi connectivity index (χ3n) is 3.52. The molecule has 1 N–H and O–H groups in total. The van der Waals surface area contributed by atoms with E-state index in [2.05, 4.69) is 27.3 Å². The van der Waals surface area contributed by atoms with Crippen LogP contribution in [0.5, 0.6) is 0 Å². The van der Waals surface area contributed by atoms with Crippen LogP contribution in [0.1, 0.15) is 19.3 Å². The number of hydrogen-bond acceptors (Lipinski definition) is 2. The molecule has 5 heteroatoms. The van der Waals surface area contributed by atoms with Crippen molar-refractivity contribution < 1.29 is 9.59 Å². The Labute approximate surface area is 133 Å². The van der Waals surface area contributed by atoms with Gasteiger partial charge in [0.1, 0.15) is 0 Å². The maximum absolute atomic E-state index is 12.3. The summed E-state index contributed by atoms with van der Waals surface area (Å²) < 4.78 is 0.824. The van der Waals surface area contributed by atoms with E-state index in [1.165, 1.54) is 4.90 Å². The number of halogens is 1. The predicted octanol–water partition coefficient (Wildman–Crippen LogP) is 3.20. The van der Waals surface area contributed by atoms with Gasteiger partial charge < -0.3 is 10.2 Å². The number of allylic oxidation sites excluding steroid dienone is 2. The maximum Gasteiger partial charge on any atom is 0.244 e. The molecule has 0 spiro atoms. The predicted molar refractivity (Wildman–Crippen MR) is 86.9 cm³/mol. The number of carbonyl (C=O) groups excluding carboxylic acids is 2. The molecule has 1 aliphatic rings. The lowest BCUT2D eigenvalue weighted by Crippen LogP contribution is -2.38. The van der Waals surface area contributed by atoms with E-state index < -0.39 is 0 Å². The van der Waals surface area contributed by atoms with Crippen LogP contribution in [-0.4, -0.2) is 30.3 Å². The Morgan fingerprint density at radius 3 is 2.76 bits per heavy atom. The summed E-state index contributed by atoms with van der Waals surface area (Å²) in [6.45, 7) is 0.0698. The zero-order valence-electron chi connectivity index (χ0n) is 12.0. The van der Waals surface area contributed by atoms with Crippen molar-refractivity contribution in [1.29, 1.82) is 0 Å². The fourth-order valence-electron chi connectivity index (χ4n) is 2.38. The van der Waals surface area contributed by atoms with E-state index in [0.717, 1.165) is 23.7 Å². The van der Waals surface area contributed by atoms with Crippen LogP contribution >= 0.6 is 15.9 Å². The molecule has 0 fully saturated rings. The minimum Gasteiger partial charge on any atom is -0.336 e. The van der Waals surface area contributed by atoms with Crippen LogP contribution in [0.25, 0.3) is 0 Å².